The van der Waals surface area contributed by atoms with Crippen molar-refractivity contribution in [3.63, 3.8) is 0 Å². The summed E-state index contributed by atoms with van der Waals surface area (Å²) in [4.78, 5) is 14.3. The molecule has 4 heteroatoms. The molecule has 0 amide bonds. The Kier molecular flexibility index (Phi) is 6.07. The number of nitrogens with zero attached hydrogens (tertiary/aromatic N) is 2. The number of aromatic hydroxyl groups is 1. The topological polar surface area (TPSA) is 45.5 Å². The number of piperidine rings is 1. The molecule has 0 spiro atoms. The highest BCUT2D eigenvalue weighted by Crippen LogP contribution is 2.22. The number of hydrogen-bond acceptors (Lipinski definition) is 3. The van der Waals surface area contributed by atoms with Crippen LogP contribution in [0.3, 0.4) is 0 Å². The minimum Gasteiger partial charge on any atom is -0.503 e. The fourth-order valence-electron chi connectivity index (χ4n) is 3.45. The van der Waals surface area contributed by atoms with E-state index in [1.165, 1.54) is 25.7 Å². The molecule has 2 rings (SSSR count). The molecule has 0 aromatic carbocycles. The Balaban J connectivity index is 2.24. The maximum absolute atomic E-state index is 12.0. The molecular formula is C18H30N2O2. The van der Waals surface area contributed by atoms with E-state index in [1.54, 1.807) is 6.07 Å². The number of pyridine rings is 1. The van der Waals surface area contributed by atoms with Gasteiger partial charge in [0, 0.05) is 31.4 Å². The van der Waals surface area contributed by atoms with Crippen LogP contribution in [0.2, 0.25) is 0 Å². The predicted molar refractivity (Wildman–Crippen MR) is 90.3 cm³/mol. The first-order valence-corrected chi connectivity index (χ1v) is 8.67. The standard InChI is InChI=1S/C18H30N2O2/c1-4-5-6-10-20-15(3)11-17(21)18(22)16(20)13-19-9-7-8-14(2)12-19/h11,14,22H,4-10,12-13H2,1-3H3. The molecule has 0 saturated carbocycles. The maximum Gasteiger partial charge on any atom is 0.223 e. The van der Waals surface area contributed by atoms with Crippen molar-refractivity contribution in [1.82, 2.24) is 9.47 Å². The van der Waals surface area contributed by atoms with Gasteiger partial charge in [0.05, 0.1) is 5.69 Å². The van der Waals surface area contributed by atoms with Crippen LogP contribution in [-0.2, 0) is 13.1 Å². The zero-order valence-electron chi connectivity index (χ0n) is 14.3. The summed E-state index contributed by atoms with van der Waals surface area (Å²) in [7, 11) is 0. The van der Waals surface area contributed by atoms with Crippen LogP contribution in [0.25, 0.3) is 0 Å². The van der Waals surface area contributed by atoms with Crippen molar-refractivity contribution in [1.29, 1.82) is 0 Å². The normalized spacial score (nSPS) is 19.5. The Hall–Kier alpha value is -1.29. The van der Waals surface area contributed by atoms with Gasteiger partial charge < -0.3 is 9.67 Å². The molecule has 4 nitrogen and oxygen atoms in total. The van der Waals surface area contributed by atoms with Crippen LogP contribution < -0.4 is 5.43 Å². The lowest BCUT2D eigenvalue weighted by atomic mass is 10.00. The zero-order chi connectivity index (χ0) is 16.1. The fourth-order valence-corrected chi connectivity index (χ4v) is 3.45. The van der Waals surface area contributed by atoms with Gasteiger partial charge in [-0.1, -0.05) is 26.7 Å². The van der Waals surface area contributed by atoms with Crippen molar-refractivity contribution in [2.24, 2.45) is 5.92 Å². The van der Waals surface area contributed by atoms with E-state index in [0.29, 0.717) is 12.5 Å². The molecule has 124 valence electrons. The molecule has 1 aliphatic heterocycles. The summed E-state index contributed by atoms with van der Waals surface area (Å²) in [5.74, 6) is 0.640. The SMILES string of the molecule is CCCCCn1c(C)cc(=O)c(O)c1CN1CCCC(C)C1. The summed E-state index contributed by atoms with van der Waals surface area (Å²) < 4.78 is 2.14. The molecule has 1 N–H and O–H groups in total. The third kappa shape index (κ3) is 4.13. The van der Waals surface area contributed by atoms with Crippen LogP contribution >= 0.6 is 0 Å². The van der Waals surface area contributed by atoms with Crippen molar-refractivity contribution in [2.45, 2.75) is 66.0 Å². The van der Waals surface area contributed by atoms with Gasteiger partial charge in [-0.3, -0.25) is 9.69 Å². The first-order chi connectivity index (χ1) is 10.5. The second-order valence-electron chi connectivity index (χ2n) is 6.79. The van der Waals surface area contributed by atoms with Gasteiger partial charge in [-0.25, -0.2) is 0 Å². The minimum atomic E-state index is -0.246. The van der Waals surface area contributed by atoms with Gasteiger partial charge in [-0.2, -0.15) is 0 Å². The highest BCUT2D eigenvalue weighted by Gasteiger charge is 2.20. The molecule has 0 radical (unpaired) electrons. The van der Waals surface area contributed by atoms with Gasteiger partial charge in [0.15, 0.2) is 5.75 Å². The molecule has 1 unspecified atom stereocenters. The van der Waals surface area contributed by atoms with E-state index in [4.69, 9.17) is 0 Å². The highest BCUT2D eigenvalue weighted by molar-refractivity contribution is 5.29. The Labute approximate surface area is 133 Å². The Morgan fingerprint density at radius 1 is 1.36 bits per heavy atom. The molecule has 0 aliphatic carbocycles. The van der Waals surface area contributed by atoms with Gasteiger partial charge in [-0.05, 0) is 38.6 Å². The number of hydrogen-bond donors (Lipinski definition) is 1. The average molecular weight is 306 g/mol. The minimum absolute atomic E-state index is 0.0553. The molecule has 1 atom stereocenters. The third-order valence-corrected chi connectivity index (χ3v) is 4.70. The quantitative estimate of drug-likeness (QED) is 0.820. The Morgan fingerprint density at radius 2 is 2.14 bits per heavy atom. The number of aromatic nitrogens is 1. The van der Waals surface area contributed by atoms with Crippen molar-refractivity contribution in [3.8, 4) is 5.75 Å². The number of rotatable bonds is 6. The van der Waals surface area contributed by atoms with Gasteiger partial charge in [-0.15, -0.1) is 0 Å². The molecule has 1 aromatic rings. The van der Waals surface area contributed by atoms with Crippen molar-refractivity contribution < 1.29 is 5.11 Å². The Bertz CT molecular complexity index is 551. The van der Waals surface area contributed by atoms with Crippen LogP contribution in [0.5, 0.6) is 5.75 Å². The van der Waals surface area contributed by atoms with Crippen molar-refractivity contribution >= 4 is 0 Å². The molecule has 2 heterocycles. The van der Waals surface area contributed by atoms with Crippen LogP contribution in [0, 0.1) is 12.8 Å². The molecule has 1 aromatic heterocycles. The first-order valence-electron chi connectivity index (χ1n) is 8.67. The summed E-state index contributed by atoms with van der Waals surface area (Å²) in [5.41, 5.74) is 1.51. The van der Waals surface area contributed by atoms with Crippen LogP contribution in [0.15, 0.2) is 10.9 Å². The van der Waals surface area contributed by atoms with Gasteiger partial charge >= 0.3 is 0 Å². The zero-order valence-corrected chi connectivity index (χ0v) is 14.3. The van der Waals surface area contributed by atoms with Crippen molar-refractivity contribution in [3.05, 3.63) is 27.7 Å². The van der Waals surface area contributed by atoms with Gasteiger partial charge in [0.25, 0.3) is 0 Å². The van der Waals surface area contributed by atoms with Gasteiger partial charge in [0.1, 0.15) is 0 Å². The van der Waals surface area contributed by atoms with E-state index in [0.717, 1.165) is 37.4 Å². The van der Waals surface area contributed by atoms with E-state index in [9.17, 15) is 9.90 Å². The van der Waals surface area contributed by atoms with E-state index in [2.05, 4.69) is 23.3 Å². The van der Waals surface area contributed by atoms with Crippen LogP contribution in [0.4, 0.5) is 0 Å². The van der Waals surface area contributed by atoms with Gasteiger partial charge in [0.2, 0.25) is 5.43 Å². The Morgan fingerprint density at radius 3 is 2.82 bits per heavy atom. The maximum atomic E-state index is 12.0. The summed E-state index contributed by atoms with van der Waals surface area (Å²) in [5, 5.41) is 10.3. The lowest BCUT2D eigenvalue weighted by Crippen LogP contribution is -2.35. The highest BCUT2D eigenvalue weighted by atomic mass is 16.3. The van der Waals surface area contributed by atoms with Crippen LogP contribution in [-0.4, -0.2) is 27.7 Å². The van der Waals surface area contributed by atoms with E-state index >= 15 is 0 Å². The number of likely N-dealkylation sites (tertiary alicyclic amines) is 1. The summed E-state index contributed by atoms with van der Waals surface area (Å²) >= 11 is 0. The number of aryl methyl sites for hydroxylation is 1. The number of unbranched alkanes of at least 4 members (excludes halogenated alkanes) is 2. The largest absolute Gasteiger partial charge is 0.503 e. The molecule has 1 aliphatic rings. The monoisotopic (exact) mass is 306 g/mol. The smallest absolute Gasteiger partial charge is 0.223 e. The molecular weight excluding hydrogens is 276 g/mol. The lowest BCUT2D eigenvalue weighted by molar-refractivity contribution is 0.170. The lowest BCUT2D eigenvalue weighted by Gasteiger charge is -2.32. The predicted octanol–water partition coefficient (Wildman–Crippen LogP) is 3.28. The molecule has 0 bridgehead atoms. The second kappa shape index (κ2) is 7.82. The van der Waals surface area contributed by atoms with E-state index < -0.39 is 0 Å². The first kappa shape index (κ1) is 17.1. The summed E-state index contributed by atoms with van der Waals surface area (Å²) in [6, 6.07) is 1.56. The summed E-state index contributed by atoms with van der Waals surface area (Å²) in [6.45, 7) is 10.1. The average Bonchev–Trinajstić information content (AvgIpc) is 2.48. The molecule has 22 heavy (non-hydrogen) atoms. The fraction of sp³-hybridized carbons (Fsp3) is 0.722. The second-order valence-corrected chi connectivity index (χ2v) is 6.79. The van der Waals surface area contributed by atoms with E-state index in [-0.39, 0.29) is 11.2 Å². The molecule has 1 saturated heterocycles. The van der Waals surface area contributed by atoms with E-state index in [1.807, 2.05) is 6.92 Å². The van der Waals surface area contributed by atoms with Crippen LogP contribution in [0.1, 0.15) is 57.3 Å². The van der Waals surface area contributed by atoms with Crippen molar-refractivity contribution in [2.75, 3.05) is 13.1 Å². The summed E-state index contributed by atoms with van der Waals surface area (Å²) in [6.07, 6.45) is 5.91. The molecule has 1 fully saturated rings. The third-order valence-electron chi connectivity index (χ3n) is 4.70.